The van der Waals surface area contributed by atoms with Crippen molar-refractivity contribution in [2.24, 2.45) is 11.1 Å². The maximum absolute atomic E-state index is 14.3. The molecule has 0 fully saturated rings. The summed E-state index contributed by atoms with van der Waals surface area (Å²) in [6.07, 6.45) is 4.73. The lowest BCUT2D eigenvalue weighted by Crippen LogP contribution is -2.11. The summed E-state index contributed by atoms with van der Waals surface area (Å²) >= 11 is 0. The molecule has 0 saturated heterocycles. The molecule has 1 aromatic heterocycles. The number of benzene rings is 4. The largest absolute Gasteiger partial charge is 0.411 e. The van der Waals surface area contributed by atoms with Crippen LogP contribution in [0.2, 0.25) is 0 Å². The molecule has 0 spiro atoms. The highest BCUT2D eigenvalue weighted by Crippen LogP contribution is 2.39. The van der Waals surface area contributed by atoms with Crippen LogP contribution in [-0.4, -0.2) is 21.3 Å². The second kappa shape index (κ2) is 11.3. The number of aromatic nitrogens is 1. The molecular formula is C36H40N2O2. The van der Waals surface area contributed by atoms with Crippen LogP contribution in [0.1, 0.15) is 84.6 Å². The molecule has 1 N–H and O–H groups in total. The molecule has 5 aromatic rings. The molecule has 5 rings (SSSR count). The van der Waals surface area contributed by atoms with E-state index in [9.17, 15) is 10.0 Å². The molecule has 0 saturated carbocycles. The maximum Gasteiger partial charge on any atom is 0.194 e. The van der Waals surface area contributed by atoms with E-state index in [-0.39, 0.29) is 5.78 Å². The number of rotatable bonds is 9. The Hall–Kier alpha value is -3.92. The van der Waals surface area contributed by atoms with Crippen LogP contribution in [0.25, 0.3) is 32.6 Å². The molecular weight excluding hydrogens is 492 g/mol. The highest BCUT2D eigenvalue weighted by atomic mass is 16.4. The first-order valence-electron chi connectivity index (χ1n) is 14.6. The first-order chi connectivity index (χ1) is 19.3. The summed E-state index contributed by atoms with van der Waals surface area (Å²) in [7, 11) is 0. The first kappa shape index (κ1) is 27.6. The van der Waals surface area contributed by atoms with Crippen LogP contribution < -0.4 is 0 Å². The van der Waals surface area contributed by atoms with Crippen LogP contribution in [0.15, 0.2) is 65.8 Å². The Morgan fingerprint density at radius 3 is 2.25 bits per heavy atom. The molecule has 4 heteroatoms. The van der Waals surface area contributed by atoms with Crippen LogP contribution in [-0.2, 0) is 6.54 Å². The van der Waals surface area contributed by atoms with Crippen molar-refractivity contribution in [3.8, 4) is 0 Å². The quantitative estimate of drug-likeness (QED) is 0.0889. The Bertz CT molecular complexity index is 1750. The Balaban J connectivity index is 1.86. The van der Waals surface area contributed by atoms with E-state index in [0.717, 1.165) is 73.4 Å². The zero-order valence-electron chi connectivity index (χ0n) is 24.6. The van der Waals surface area contributed by atoms with E-state index >= 15 is 0 Å². The van der Waals surface area contributed by atoms with Gasteiger partial charge >= 0.3 is 0 Å². The third-order valence-corrected chi connectivity index (χ3v) is 8.56. The van der Waals surface area contributed by atoms with E-state index in [1.165, 1.54) is 24.8 Å². The maximum atomic E-state index is 14.3. The van der Waals surface area contributed by atoms with Gasteiger partial charge in [-0.1, -0.05) is 86.3 Å². The lowest BCUT2D eigenvalue weighted by molar-refractivity contribution is 0.103. The van der Waals surface area contributed by atoms with Gasteiger partial charge in [0.1, 0.15) is 0 Å². The second-order valence-electron chi connectivity index (χ2n) is 11.4. The standard InChI is InChI=1S/C36H40N2O2/c1-7-9-12-26(8-2)21-38-33-16-15-27(25(6)37-40)19-30(33)31-20-32(28-13-10-11-14-29(28)35(31)38)36(39)34-23(4)17-22(3)18-24(34)5/h10-11,13-20,26,40H,7-9,12,21H2,1-6H3/b37-25+. The highest BCUT2D eigenvalue weighted by Gasteiger charge is 2.23. The summed E-state index contributed by atoms with van der Waals surface area (Å²) in [4.78, 5) is 14.3. The third-order valence-electron chi connectivity index (χ3n) is 8.56. The molecule has 4 nitrogen and oxygen atoms in total. The molecule has 0 bridgehead atoms. The number of hydrogen-bond acceptors (Lipinski definition) is 3. The molecule has 1 unspecified atom stereocenters. The number of oxime groups is 1. The van der Waals surface area contributed by atoms with E-state index in [2.05, 4.69) is 79.0 Å². The lowest BCUT2D eigenvalue weighted by Gasteiger charge is -2.19. The summed E-state index contributed by atoms with van der Waals surface area (Å²) in [5.41, 5.74) is 8.46. The van der Waals surface area contributed by atoms with E-state index in [4.69, 9.17) is 0 Å². The van der Waals surface area contributed by atoms with Crippen molar-refractivity contribution in [1.82, 2.24) is 4.57 Å². The summed E-state index contributed by atoms with van der Waals surface area (Å²) in [6.45, 7) is 13.4. The van der Waals surface area contributed by atoms with Crippen LogP contribution >= 0.6 is 0 Å². The van der Waals surface area contributed by atoms with Gasteiger partial charge in [-0.25, -0.2) is 0 Å². The van der Waals surface area contributed by atoms with Gasteiger partial charge in [-0.05, 0) is 80.3 Å². The van der Waals surface area contributed by atoms with Crippen molar-refractivity contribution in [2.75, 3.05) is 0 Å². The van der Waals surface area contributed by atoms with Gasteiger partial charge in [-0.3, -0.25) is 4.79 Å². The molecule has 1 atom stereocenters. The fourth-order valence-corrected chi connectivity index (χ4v) is 6.47. The molecule has 0 aliphatic carbocycles. The minimum atomic E-state index is 0.0626. The number of hydrogen-bond donors (Lipinski definition) is 1. The average molecular weight is 533 g/mol. The third kappa shape index (κ3) is 4.81. The molecule has 0 amide bonds. The van der Waals surface area contributed by atoms with Crippen LogP contribution in [0.5, 0.6) is 0 Å². The van der Waals surface area contributed by atoms with Gasteiger partial charge in [0, 0.05) is 39.3 Å². The van der Waals surface area contributed by atoms with Gasteiger partial charge in [-0.15, -0.1) is 0 Å². The van der Waals surface area contributed by atoms with Crippen molar-refractivity contribution in [2.45, 2.75) is 73.8 Å². The number of nitrogens with zero attached hydrogens (tertiary/aromatic N) is 2. The number of fused-ring (bicyclic) bond motifs is 5. The van der Waals surface area contributed by atoms with Crippen LogP contribution in [0, 0.1) is 26.7 Å². The first-order valence-corrected chi connectivity index (χ1v) is 14.6. The number of ketones is 1. The zero-order chi connectivity index (χ0) is 28.6. The summed E-state index contributed by atoms with van der Waals surface area (Å²) < 4.78 is 2.47. The topological polar surface area (TPSA) is 54.6 Å². The number of unbranched alkanes of at least 4 members (excludes halogenated alkanes) is 1. The Kier molecular flexibility index (Phi) is 7.80. The van der Waals surface area contributed by atoms with E-state index in [0.29, 0.717) is 11.6 Å². The predicted octanol–water partition coefficient (Wildman–Crippen LogP) is 9.52. The van der Waals surface area contributed by atoms with E-state index in [1.54, 1.807) is 0 Å². The summed E-state index contributed by atoms with van der Waals surface area (Å²) in [6, 6.07) is 20.9. The van der Waals surface area contributed by atoms with Crippen molar-refractivity contribution < 1.29 is 10.0 Å². The molecule has 206 valence electrons. The molecule has 40 heavy (non-hydrogen) atoms. The Morgan fingerprint density at radius 1 is 0.900 bits per heavy atom. The smallest absolute Gasteiger partial charge is 0.194 e. The number of carbonyl (C=O) groups excluding carboxylic acids is 1. The van der Waals surface area contributed by atoms with Gasteiger partial charge in [-0.2, -0.15) is 0 Å². The van der Waals surface area contributed by atoms with Gasteiger partial charge in [0.15, 0.2) is 5.78 Å². The van der Waals surface area contributed by atoms with Crippen molar-refractivity contribution in [1.29, 1.82) is 0 Å². The minimum absolute atomic E-state index is 0.0626. The summed E-state index contributed by atoms with van der Waals surface area (Å²) in [5.74, 6) is 0.629. The van der Waals surface area contributed by atoms with Gasteiger partial charge in [0.2, 0.25) is 0 Å². The van der Waals surface area contributed by atoms with Gasteiger partial charge < -0.3 is 9.77 Å². The Morgan fingerprint density at radius 2 is 1.60 bits per heavy atom. The van der Waals surface area contributed by atoms with E-state index < -0.39 is 0 Å². The van der Waals surface area contributed by atoms with Crippen molar-refractivity contribution >= 4 is 44.1 Å². The van der Waals surface area contributed by atoms with Gasteiger partial charge in [0.25, 0.3) is 0 Å². The normalized spacial score (nSPS) is 13.0. The summed E-state index contributed by atoms with van der Waals surface area (Å²) in [5, 5.41) is 17.2. The van der Waals surface area contributed by atoms with E-state index in [1.807, 2.05) is 32.9 Å². The molecule has 0 radical (unpaired) electrons. The van der Waals surface area contributed by atoms with Crippen LogP contribution in [0.3, 0.4) is 0 Å². The van der Waals surface area contributed by atoms with Crippen molar-refractivity contribution in [3.05, 3.63) is 94.0 Å². The minimum Gasteiger partial charge on any atom is -0.411 e. The number of aryl methyl sites for hydroxylation is 3. The van der Waals surface area contributed by atoms with Crippen molar-refractivity contribution in [3.63, 3.8) is 0 Å². The number of carbonyl (C=O) groups is 1. The monoisotopic (exact) mass is 532 g/mol. The fraction of sp³-hybridized carbons (Fsp3) is 0.333. The fourth-order valence-electron chi connectivity index (χ4n) is 6.47. The zero-order valence-corrected chi connectivity index (χ0v) is 24.6. The second-order valence-corrected chi connectivity index (χ2v) is 11.4. The lowest BCUT2D eigenvalue weighted by atomic mass is 9.89. The molecule has 0 aliphatic heterocycles. The molecule has 4 aromatic carbocycles. The molecule has 1 heterocycles. The molecule has 0 aliphatic rings. The Labute approximate surface area is 237 Å². The highest BCUT2D eigenvalue weighted by molar-refractivity contribution is 6.26. The SMILES string of the molecule is CCCCC(CC)Cn1c2ccc(/C(C)=N/O)cc2c2cc(C(=O)c3c(C)cc(C)cc3C)c3ccccc3c21. The predicted molar refractivity (Wildman–Crippen MR) is 168 cm³/mol. The van der Waals surface area contributed by atoms with Crippen LogP contribution in [0.4, 0.5) is 0 Å². The van der Waals surface area contributed by atoms with Gasteiger partial charge in [0.05, 0.1) is 11.2 Å². The average Bonchev–Trinajstić information content (AvgIpc) is 3.26.